The van der Waals surface area contributed by atoms with Crippen molar-refractivity contribution in [3.05, 3.63) is 70.7 Å². The van der Waals surface area contributed by atoms with E-state index in [0.29, 0.717) is 11.1 Å². The second-order valence-corrected chi connectivity index (χ2v) is 8.42. The fourth-order valence-corrected chi connectivity index (χ4v) is 5.62. The van der Waals surface area contributed by atoms with Crippen LogP contribution in [0.5, 0.6) is 0 Å². The van der Waals surface area contributed by atoms with Crippen molar-refractivity contribution >= 4 is 55.3 Å². The van der Waals surface area contributed by atoms with Crippen molar-refractivity contribution in [3.8, 4) is 0 Å². The van der Waals surface area contributed by atoms with E-state index in [4.69, 9.17) is 0 Å². The Morgan fingerprint density at radius 3 is 2.71 bits per heavy atom. The predicted molar refractivity (Wildman–Crippen MR) is 112 cm³/mol. The summed E-state index contributed by atoms with van der Waals surface area (Å²) in [5, 5.41) is 4.66. The topological polar surface area (TPSA) is 51.1 Å². The second-order valence-electron chi connectivity index (χ2n) is 7.33. The minimum atomic E-state index is -0.307. The third-order valence-corrected chi connectivity index (χ3v) is 6.83. The normalized spacial score (nSPS) is 16.4. The van der Waals surface area contributed by atoms with Crippen LogP contribution in [-0.4, -0.2) is 16.4 Å². The molecule has 0 spiro atoms. The molecule has 2 amide bonds. The first-order valence-corrected chi connectivity index (χ1v) is 10.2. The fourth-order valence-electron chi connectivity index (χ4n) is 4.51. The van der Waals surface area contributed by atoms with E-state index in [1.807, 2.05) is 42.6 Å². The summed E-state index contributed by atoms with van der Waals surface area (Å²) in [6, 6.07) is 16.3. The number of imide groups is 1. The quantitative estimate of drug-likeness (QED) is 0.522. The molecule has 0 saturated heterocycles. The maximum atomic E-state index is 12.8. The summed E-state index contributed by atoms with van der Waals surface area (Å²) in [5.74, 6) is -0.611. The van der Waals surface area contributed by atoms with Crippen LogP contribution in [0.4, 0.5) is 0 Å². The molecule has 136 valence electrons. The first-order valence-electron chi connectivity index (χ1n) is 9.41. The van der Waals surface area contributed by atoms with Gasteiger partial charge in [0.15, 0.2) is 0 Å². The van der Waals surface area contributed by atoms with Gasteiger partial charge in [0.25, 0.3) is 11.8 Å². The van der Waals surface area contributed by atoms with E-state index in [9.17, 15) is 9.59 Å². The van der Waals surface area contributed by atoms with Gasteiger partial charge in [-0.05, 0) is 35.9 Å². The van der Waals surface area contributed by atoms with Crippen molar-refractivity contribution in [3.63, 3.8) is 0 Å². The molecule has 2 aliphatic rings. The van der Waals surface area contributed by atoms with Crippen molar-refractivity contribution in [2.75, 3.05) is 0 Å². The molecule has 2 aromatic carbocycles. The molecule has 4 heterocycles. The lowest BCUT2D eigenvalue weighted by atomic mass is 9.97. The molecule has 0 unspecified atom stereocenters. The van der Waals surface area contributed by atoms with Crippen molar-refractivity contribution in [1.29, 1.82) is 0 Å². The highest BCUT2D eigenvalue weighted by Crippen LogP contribution is 2.41. The molecule has 2 aliphatic heterocycles. The van der Waals surface area contributed by atoms with E-state index < -0.39 is 0 Å². The molecule has 2 aromatic heterocycles. The third-order valence-electron chi connectivity index (χ3n) is 5.70. The standard InChI is InChI=1S/C23H16N2O2S/c26-22-19(16-12-25-10-4-7-13-6-3-8-15(16)21(13)25)20(23(27)24-22)18-11-14-5-1-2-9-17(14)28-18/h1-3,5-6,8-9,11-12H,4,7,10H2,(H,24,26,27). The number of para-hydroxylation sites is 1. The molecule has 0 saturated carbocycles. The Balaban J connectivity index is 1.66. The predicted octanol–water partition coefficient (Wildman–Crippen LogP) is 4.37. The first-order chi connectivity index (χ1) is 13.7. The van der Waals surface area contributed by atoms with Crippen LogP contribution in [-0.2, 0) is 22.6 Å². The van der Waals surface area contributed by atoms with E-state index >= 15 is 0 Å². The largest absolute Gasteiger partial charge is 0.347 e. The van der Waals surface area contributed by atoms with Gasteiger partial charge >= 0.3 is 0 Å². The number of hydrogen-bond acceptors (Lipinski definition) is 3. The highest BCUT2D eigenvalue weighted by Gasteiger charge is 2.35. The summed E-state index contributed by atoms with van der Waals surface area (Å²) >= 11 is 1.55. The van der Waals surface area contributed by atoms with Gasteiger partial charge in [0, 0.05) is 33.3 Å². The number of rotatable bonds is 2. The SMILES string of the molecule is O=C1NC(=O)C(c2cn3c4c(cccc24)CCC3)=C1c1cc2ccccc2s1. The average Bonchev–Trinajstić information content (AvgIpc) is 3.36. The Kier molecular flexibility index (Phi) is 3.20. The monoisotopic (exact) mass is 384 g/mol. The smallest absolute Gasteiger partial charge is 0.260 e. The molecular formula is C23H16N2O2S. The average molecular weight is 384 g/mol. The molecule has 0 radical (unpaired) electrons. The van der Waals surface area contributed by atoms with Crippen LogP contribution in [0.25, 0.3) is 32.1 Å². The number of amides is 2. The summed E-state index contributed by atoms with van der Waals surface area (Å²) in [6.07, 6.45) is 4.19. The molecule has 6 rings (SSSR count). The number of thiophene rings is 1. The third kappa shape index (κ3) is 2.11. The zero-order valence-corrected chi connectivity index (χ0v) is 15.8. The lowest BCUT2D eigenvalue weighted by Gasteiger charge is -2.14. The van der Waals surface area contributed by atoms with Crippen LogP contribution in [0.15, 0.2) is 54.7 Å². The van der Waals surface area contributed by atoms with Gasteiger partial charge in [0.05, 0.1) is 16.7 Å². The molecule has 0 atom stereocenters. The van der Waals surface area contributed by atoms with Gasteiger partial charge in [-0.2, -0.15) is 0 Å². The minimum Gasteiger partial charge on any atom is -0.347 e. The maximum absolute atomic E-state index is 12.8. The number of aromatic nitrogens is 1. The van der Waals surface area contributed by atoms with Crippen LogP contribution >= 0.6 is 11.3 Å². The summed E-state index contributed by atoms with van der Waals surface area (Å²) in [7, 11) is 0. The van der Waals surface area contributed by atoms with Crippen LogP contribution in [0.1, 0.15) is 22.4 Å². The van der Waals surface area contributed by atoms with Gasteiger partial charge in [0.2, 0.25) is 0 Å². The number of benzene rings is 2. The Hall–Kier alpha value is -3.18. The van der Waals surface area contributed by atoms with E-state index in [2.05, 4.69) is 22.0 Å². The van der Waals surface area contributed by atoms with Gasteiger partial charge in [-0.1, -0.05) is 36.4 Å². The van der Waals surface area contributed by atoms with Gasteiger partial charge < -0.3 is 4.57 Å². The molecule has 5 heteroatoms. The number of aryl methyl sites for hydroxylation is 2. The van der Waals surface area contributed by atoms with Gasteiger partial charge in [-0.3, -0.25) is 14.9 Å². The Morgan fingerprint density at radius 2 is 1.82 bits per heavy atom. The second kappa shape index (κ2) is 5.66. The summed E-state index contributed by atoms with van der Waals surface area (Å²) < 4.78 is 3.34. The number of hydrogen-bond donors (Lipinski definition) is 1. The molecule has 4 nitrogen and oxygen atoms in total. The first kappa shape index (κ1) is 15.8. The Labute approximate surface area is 165 Å². The molecule has 28 heavy (non-hydrogen) atoms. The molecule has 4 aromatic rings. The minimum absolute atomic E-state index is 0.304. The number of carbonyl (C=O) groups is 2. The van der Waals surface area contributed by atoms with Gasteiger partial charge in [-0.15, -0.1) is 11.3 Å². The molecular weight excluding hydrogens is 368 g/mol. The van der Waals surface area contributed by atoms with Crippen molar-refractivity contribution in [1.82, 2.24) is 9.88 Å². The van der Waals surface area contributed by atoms with E-state index in [1.54, 1.807) is 11.3 Å². The molecule has 0 aliphatic carbocycles. The molecule has 0 fully saturated rings. The Bertz CT molecular complexity index is 1320. The fraction of sp³-hybridized carbons (Fsp3) is 0.130. The molecule has 0 bridgehead atoms. The van der Waals surface area contributed by atoms with Crippen LogP contribution in [0, 0.1) is 0 Å². The van der Waals surface area contributed by atoms with Crippen LogP contribution in [0.3, 0.4) is 0 Å². The number of nitrogens with zero attached hydrogens (tertiary/aromatic N) is 1. The zero-order valence-electron chi connectivity index (χ0n) is 15.0. The van der Waals surface area contributed by atoms with E-state index in [1.165, 1.54) is 11.1 Å². The van der Waals surface area contributed by atoms with Gasteiger partial charge in [0.1, 0.15) is 0 Å². The van der Waals surface area contributed by atoms with Crippen LogP contribution < -0.4 is 5.32 Å². The Morgan fingerprint density at radius 1 is 0.964 bits per heavy atom. The van der Waals surface area contributed by atoms with Crippen molar-refractivity contribution in [2.24, 2.45) is 0 Å². The number of carbonyl (C=O) groups excluding carboxylic acids is 2. The lowest BCUT2D eigenvalue weighted by molar-refractivity contribution is -0.122. The van der Waals surface area contributed by atoms with Crippen LogP contribution in [0.2, 0.25) is 0 Å². The summed E-state index contributed by atoms with van der Waals surface area (Å²) in [5.41, 5.74) is 4.35. The number of fused-ring (bicyclic) bond motifs is 1. The zero-order chi connectivity index (χ0) is 18.8. The van der Waals surface area contributed by atoms with Crippen molar-refractivity contribution < 1.29 is 9.59 Å². The molecule has 1 N–H and O–H groups in total. The highest BCUT2D eigenvalue weighted by molar-refractivity contribution is 7.20. The van der Waals surface area contributed by atoms with E-state index in [0.717, 1.165) is 45.3 Å². The van der Waals surface area contributed by atoms with E-state index in [-0.39, 0.29) is 11.8 Å². The van der Waals surface area contributed by atoms with Gasteiger partial charge in [-0.25, -0.2) is 0 Å². The highest BCUT2D eigenvalue weighted by atomic mass is 32.1. The maximum Gasteiger partial charge on any atom is 0.260 e. The summed E-state index contributed by atoms with van der Waals surface area (Å²) in [6.45, 7) is 0.939. The lowest BCUT2D eigenvalue weighted by Crippen LogP contribution is -2.22. The van der Waals surface area contributed by atoms with Crippen molar-refractivity contribution in [2.45, 2.75) is 19.4 Å². The summed E-state index contributed by atoms with van der Waals surface area (Å²) in [4.78, 5) is 26.4. The number of nitrogens with one attached hydrogen (secondary N) is 1.